The average molecular weight is 238 g/mol. The number of nitrogens with zero attached hydrogens (tertiary/aromatic N) is 2. The van der Waals surface area contributed by atoms with Gasteiger partial charge in [0.15, 0.2) is 5.69 Å². The maximum Gasteiger partial charge on any atom is 0.356 e. The molecule has 17 heavy (non-hydrogen) atoms. The molecule has 0 unspecified atom stereocenters. The van der Waals surface area contributed by atoms with Crippen molar-refractivity contribution < 1.29 is 18.7 Å². The SMILES string of the molecule is O=C(O)c1cn(Cc2cc(F)cc(F)c2)cn1. The van der Waals surface area contributed by atoms with Gasteiger partial charge in [-0.05, 0) is 17.7 Å². The molecular weight excluding hydrogens is 230 g/mol. The van der Waals surface area contributed by atoms with Crippen molar-refractivity contribution in [3.05, 3.63) is 53.6 Å². The Balaban J connectivity index is 2.22. The van der Waals surface area contributed by atoms with E-state index in [0.29, 0.717) is 5.56 Å². The molecule has 1 aromatic carbocycles. The molecule has 0 aliphatic rings. The number of imidazole rings is 1. The monoisotopic (exact) mass is 238 g/mol. The topological polar surface area (TPSA) is 55.1 Å². The molecular formula is C11H8F2N2O2. The highest BCUT2D eigenvalue weighted by Gasteiger charge is 2.07. The lowest BCUT2D eigenvalue weighted by Crippen LogP contribution is -1.99. The normalized spacial score (nSPS) is 10.5. The van der Waals surface area contributed by atoms with E-state index in [-0.39, 0.29) is 12.2 Å². The van der Waals surface area contributed by atoms with Crippen LogP contribution in [0.5, 0.6) is 0 Å². The van der Waals surface area contributed by atoms with E-state index in [0.717, 1.165) is 6.07 Å². The molecule has 0 amide bonds. The zero-order valence-electron chi connectivity index (χ0n) is 8.60. The van der Waals surface area contributed by atoms with Gasteiger partial charge >= 0.3 is 5.97 Å². The first-order valence-corrected chi connectivity index (χ1v) is 4.74. The lowest BCUT2D eigenvalue weighted by Gasteiger charge is -2.02. The van der Waals surface area contributed by atoms with E-state index in [1.54, 1.807) is 0 Å². The number of carboxylic acid groups (broad SMARTS) is 1. The van der Waals surface area contributed by atoms with Gasteiger partial charge < -0.3 is 9.67 Å². The number of carbonyl (C=O) groups is 1. The van der Waals surface area contributed by atoms with E-state index in [2.05, 4.69) is 4.98 Å². The largest absolute Gasteiger partial charge is 0.476 e. The Kier molecular flexibility index (Phi) is 2.86. The molecule has 0 fully saturated rings. The van der Waals surface area contributed by atoms with Gasteiger partial charge in [0.2, 0.25) is 0 Å². The zero-order valence-corrected chi connectivity index (χ0v) is 8.60. The molecule has 2 rings (SSSR count). The zero-order chi connectivity index (χ0) is 12.4. The predicted octanol–water partition coefficient (Wildman–Crippen LogP) is 1.91. The summed E-state index contributed by atoms with van der Waals surface area (Å²) in [6.07, 6.45) is 2.59. The average Bonchev–Trinajstić information content (AvgIpc) is 2.64. The molecule has 0 spiro atoms. The molecule has 0 radical (unpaired) electrons. The second-order valence-electron chi connectivity index (χ2n) is 3.51. The van der Waals surface area contributed by atoms with Crippen LogP contribution in [0.1, 0.15) is 16.1 Å². The van der Waals surface area contributed by atoms with Gasteiger partial charge in [-0.25, -0.2) is 18.6 Å². The first-order valence-electron chi connectivity index (χ1n) is 4.74. The first-order chi connectivity index (χ1) is 8.04. The van der Waals surface area contributed by atoms with Crippen molar-refractivity contribution in [2.24, 2.45) is 0 Å². The quantitative estimate of drug-likeness (QED) is 0.888. The van der Waals surface area contributed by atoms with Crippen molar-refractivity contribution in [2.75, 3.05) is 0 Å². The summed E-state index contributed by atoms with van der Waals surface area (Å²) in [5.74, 6) is -2.48. The number of hydrogen-bond acceptors (Lipinski definition) is 2. The van der Waals surface area contributed by atoms with Crippen LogP contribution < -0.4 is 0 Å². The maximum atomic E-state index is 12.9. The van der Waals surface area contributed by atoms with Crippen molar-refractivity contribution in [1.29, 1.82) is 0 Å². The number of aromatic nitrogens is 2. The summed E-state index contributed by atoms with van der Waals surface area (Å²) in [4.78, 5) is 14.2. The van der Waals surface area contributed by atoms with Crippen molar-refractivity contribution in [2.45, 2.75) is 6.54 Å². The molecule has 0 saturated heterocycles. The Morgan fingerprint density at radius 1 is 1.29 bits per heavy atom. The van der Waals surface area contributed by atoms with Gasteiger partial charge in [0, 0.05) is 18.8 Å². The van der Waals surface area contributed by atoms with Crippen LogP contribution in [-0.4, -0.2) is 20.6 Å². The summed E-state index contributed by atoms with van der Waals surface area (Å²) >= 11 is 0. The van der Waals surface area contributed by atoms with Crippen LogP contribution in [-0.2, 0) is 6.54 Å². The third kappa shape index (κ3) is 2.66. The minimum atomic E-state index is -1.14. The van der Waals surface area contributed by atoms with E-state index in [9.17, 15) is 13.6 Å². The van der Waals surface area contributed by atoms with Crippen LogP contribution in [0.15, 0.2) is 30.7 Å². The van der Waals surface area contributed by atoms with Crippen molar-refractivity contribution in [1.82, 2.24) is 9.55 Å². The third-order valence-corrected chi connectivity index (χ3v) is 2.14. The van der Waals surface area contributed by atoms with Crippen molar-refractivity contribution >= 4 is 5.97 Å². The van der Waals surface area contributed by atoms with Crippen LogP contribution >= 0.6 is 0 Å². The van der Waals surface area contributed by atoms with Crippen molar-refractivity contribution in [3.8, 4) is 0 Å². The van der Waals surface area contributed by atoms with Crippen LogP contribution in [0.2, 0.25) is 0 Å². The van der Waals surface area contributed by atoms with E-state index in [1.807, 2.05) is 0 Å². The molecule has 1 N–H and O–H groups in total. The van der Waals surface area contributed by atoms with Crippen molar-refractivity contribution in [3.63, 3.8) is 0 Å². The summed E-state index contributed by atoms with van der Waals surface area (Å²) < 4.78 is 27.3. The van der Waals surface area contributed by atoms with Crippen LogP contribution in [0.3, 0.4) is 0 Å². The molecule has 4 nitrogen and oxygen atoms in total. The molecule has 2 aromatic rings. The molecule has 0 aliphatic carbocycles. The second kappa shape index (κ2) is 4.32. The van der Waals surface area contributed by atoms with Gasteiger partial charge in [-0.15, -0.1) is 0 Å². The van der Waals surface area contributed by atoms with E-state index < -0.39 is 17.6 Å². The summed E-state index contributed by atoms with van der Waals surface area (Å²) in [6, 6.07) is 3.15. The molecule has 0 bridgehead atoms. The number of carboxylic acids is 1. The Labute approximate surface area is 95.1 Å². The molecule has 1 aromatic heterocycles. The standard InChI is InChI=1S/C11H8F2N2O2/c12-8-1-7(2-9(13)3-8)4-15-5-10(11(16)17)14-6-15/h1-3,5-6H,4H2,(H,16,17). The van der Waals surface area contributed by atoms with Gasteiger partial charge in [0.25, 0.3) is 0 Å². The first kappa shape index (κ1) is 11.3. The lowest BCUT2D eigenvalue weighted by molar-refractivity contribution is 0.0691. The highest BCUT2D eigenvalue weighted by atomic mass is 19.1. The summed E-state index contributed by atoms with van der Waals surface area (Å²) in [5.41, 5.74) is 0.290. The number of halogens is 2. The second-order valence-corrected chi connectivity index (χ2v) is 3.51. The fourth-order valence-corrected chi connectivity index (χ4v) is 1.47. The fraction of sp³-hybridized carbons (Fsp3) is 0.0909. The minimum Gasteiger partial charge on any atom is -0.476 e. The third-order valence-electron chi connectivity index (χ3n) is 2.14. The summed E-state index contributed by atoms with van der Waals surface area (Å²) in [6.45, 7) is 0.162. The smallest absolute Gasteiger partial charge is 0.356 e. The summed E-state index contributed by atoms with van der Waals surface area (Å²) in [7, 11) is 0. The van der Waals surface area contributed by atoms with Crippen LogP contribution in [0.4, 0.5) is 8.78 Å². The minimum absolute atomic E-state index is 0.109. The number of benzene rings is 1. The number of aromatic carboxylic acids is 1. The molecule has 0 atom stereocenters. The van der Waals surface area contributed by atoms with Gasteiger partial charge in [-0.2, -0.15) is 0 Å². The highest BCUT2D eigenvalue weighted by Crippen LogP contribution is 2.10. The number of rotatable bonds is 3. The summed E-state index contributed by atoms with van der Waals surface area (Å²) in [5, 5.41) is 8.66. The van der Waals surface area contributed by atoms with Crippen LogP contribution in [0, 0.1) is 11.6 Å². The Bertz CT molecular complexity index is 546. The van der Waals surface area contributed by atoms with Gasteiger partial charge in [0.05, 0.1) is 6.33 Å². The van der Waals surface area contributed by atoms with E-state index in [1.165, 1.54) is 29.2 Å². The molecule has 0 aliphatic heterocycles. The lowest BCUT2D eigenvalue weighted by atomic mass is 10.2. The fourth-order valence-electron chi connectivity index (χ4n) is 1.47. The molecule has 6 heteroatoms. The maximum absolute atomic E-state index is 12.9. The van der Waals surface area contributed by atoms with E-state index in [4.69, 9.17) is 5.11 Å². The van der Waals surface area contributed by atoms with Crippen LogP contribution in [0.25, 0.3) is 0 Å². The molecule has 1 heterocycles. The Hall–Kier alpha value is -2.24. The van der Waals surface area contributed by atoms with E-state index >= 15 is 0 Å². The van der Waals surface area contributed by atoms with Gasteiger partial charge in [0.1, 0.15) is 11.6 Å². The Morgan fingerprint density at radius 3 is 2.47 bits per heavy atom. The Morgan fingerprint density at radius 2 is 1.94 bits per heavy atom. The predicted molar refractivity (Wildman–Crippen MR) is 54.6 cm³/mol. The highest BCUT2D eigenvalue weighted by molar-refractivity contribution is 5.84. The molecule has 0 saturated carbocycles. The molecule has 88 valence electrons. The number of hydrogen-bond donors (Lipinski definition) is 1. The van der Waals surface area contributed by atoms with Gasteiger partial charge in [-0.3, -0.25) is 0 Å². The van der Waals surface area contributed by atoms with Gasteiger partial charge in [-0.1, -0.05) is 0 Å².